The topological polar surface area (TPSA) is 91.2 Å². The average molecular weight is 233 g/mol. The molecule has 17 heavy (non-hydrogen) atoms. The zero-order valence-corrected chi connectivity index (χ0v) is 9.43. The van der Waals surface area contributed by atoms with E-state index in [0.717, 1.165) is 5.76 Å². The van der Waals surface area contributed by atoms with Crippen molar-refractivity contribution in [2.45, 2.75) is 6.92 Å². The molecule has 88 valence electrons. The van der Waals surface area contributed by atoms with Crippen molar-refractivity contribution >= 4 is 11.8 Å². The molecule has 0 saturated carbocycles. The van der Waals surface area contributed by atoms with Crippen LogP contribution in [0.3, 0.4) is 0 Å². The summed E-state index contributed by atoms with van der Waals surface area (Å²) in [5.74, 6) is 1.09. The molecule has 2 N–H and O–H groups in total. The number of hydrogen-bond donors (Lipinski definition) is 1. The Morgan fingerprint density at radius 2 is 2.24 bits per heavy atom. The minimum atomic E-state index is -0.565. The summed E-state index contributed by atoms with van der Waals surface area (Å²) in [4.78, 5) is 19.3. The van der Waals surface area contributed by atoms with Gasteiger partial charge in [-0.1, -0.05) is 0 Å². The van der Waals surface area contributed by atoms with E-state index in [1.807, 2.05) is 6.92 Å². The first-order valence-electron chi connectivity index (χ1n) is 4.89. The van der Waals surface area contributed by atoms with Gasteiger partial charge in [0, 0.05) is 6.20 Å². The maximum atomic E-state index is 11.3. The molecule has 0 saturated heterocycles. The van der Waals surface area contributed by atoms with Crippen molar-refractivity contribution in [3.8, 4) is 11.6 Å². The Hall–Kier alpha value is -2.37. The highest BCUT2D eigenvalue weighted by molar-refractivity contribution is 5.93. The molecular formula is C11H11N3O3. The minimum Gasteiger partial charge on any atom is -0.465 e. The number of carbonyl (C=O) groups is 1. The summed E-state index contributed by atoms with van der Waals surface area (Å²) in [5, 5.41) is 0. The molecule has 6 heteroatoms. The summed E-state index contributed by atoms with van der Waals surface area (Å²) < 4.78 is 9.90. The number of esters is 1. The molecule has 0 unspecified atom stereocenters. The lowest BCUT2D eigenvalue weighted by molar-refractivity contribution is 0.0601. The lowest BCUT2D eigenvalue weighted by Crippen LogP contribution is -2.08. The second kappa shape index (κ2) is 4.25. The number of carbonyl (C=O) groups excluding carboxylic acids is 1. The molecule has 2 heterocycles. The molecule has 0 aliphatic heterocycles. The fourth-order valence-electron chi connectivity index (χ4n) is 1.34. The van der Waals surface area contributed by atoms with E-state index in [9.17, 15) is 4.79 Å². The molecule has 6 nitrogen and oxygen atoms in total. The van der Waals surface area contributed by atoms with Crippen molar-refractivity contribution in [2.24, 2.45) is 0 Å². The van der Waals surface area contributed by atoms with Crippen LogP contribution in [-0.4, -0.2) is 23.0 Å². The van der Waals surface area contributed by atoms with E-state index >= 15 is 0 Å². The molecule has 2 rings (SSSR count). The number of nitrogens with two attached hydrogens (primary N) is 1. The lowest BCUT2D eigenvalue weighted by Gasteiger charge is -2.03. The van der Waals surface area contributed by atoms with E-state index in [1.165, 1.54) is 13.3 Å². The van der Waals surface area contributed by atoms with Gasteiger partial charge in [0.05, 0.1) is 7.11 Å². The fraction of sp³-hybridized carbons (Fsp3) is 0.182. The predicted octanol–water partition coefficient (Wildman–Crippen LogP) is 1.41. The first-order chi connectivity index (χ1) is 8.11. The molecule has 0 fully saturated rings. The second-order valence-corrected chi connectivity index (χ2v) is 3.39. The van der Waals surface area contributed by atoms with Crippen LogP contribution in [0.25, 0.3) is 11.6 Å². The number of ether oxygens (including phenoxy) is 1. The highest BCUT2D eigenvalue weighted by atomic mass is 16.5. The third-order valence-corrected chi connectivity index (χ3v) is 2.18. The third-order valence-electron chi connectivity index (χ3n) is 2.18. The minimum absolute atomic E-state index is 0.0657. The smallest absolute Gasteiger partial charge is 0.343 e. The summed E-state index contributed by atoms with van der Waals surface area (Å²) in [5.41, 5.74) is 5.79. The molecule has 0 atom stereocenters. The van der Waals surface area contributed by atoms with Crippen LogP contribution in [-0.2, 0) is 4.74 Å². The van der Waals surface area contributed by atoms with Gasteiger partial charge in [0.1, 0.15) is 17.1 Å². The summed E-state index contributed by atoms with van der Waals surface area (Å²) >= 11 is 0. The Labute approximate surface area is 97.4 Å². The number of methoxy groups -OCH3 is 1. The number of hydrogen-bond acceptors (Lipinski definition) is 6. The monoisotopic (exact) mass is 233 g/mol. The molecular weight excluding hydrogens is 222 g/mol. The van der Waals surface area contributed by atoms with Crippen molar-refractivity contribution < 1.29 is 13.9 Å². The standard InChI is InChI=1S/C11H11N3O3/c1-6-3-4-8(17-6)10-13-5-7(9(12)14-10)11(15)16-2/h3-5H,1-2H3,(H2,12,13,14). The van der Waals surface area contributed by atoms with Gasteiger partial charge >= 0.3 is 5.97 Å². The lowest BCUT2D eigenvalue weighted by atomic mass is 10.3. The Kier molecular flexibility index (Phi) is 2.78. The maximum Gasteiger partial charge on any atom is 0.343 e. The second-order valence-electron chi connectivity index (χ2n) is 3.39. The molecule has 0 radical (unpaired) electrons. The van der Waals surface area contributed by atoms with Crippen LogP contribution in [0.15, 0.2) is 22.7 Å². The van der Waals surface area contributed by atoms with Crippen LogP contribution in [0.2, 0.25) is 0 Å². The van der Waals surface area contributed by atoms with Crippen LogP contribution in [0.1, 0.15) is 16.1 Å². The number of aryl methyl sites for hydroxylation is 1. The highest BCUT2D eigenvalue weighted by Crippen LogP contribution is 2.20. The van der Waals surface area contributed by atoms with E-state index in [-0.39, 0.29) is 11.4 Å². The van der Waals surface area contributed by atoms with E-state index in [1.54, 1.807) is 12.1 Å². The Balaban J connectivity index is 2.40. The molecule has 0 amide bonds. The molecule has 2 aromatic heterocycles. The number of furan rings is 1. The van der Waals surface area contributed by atoms with Crippen molar-refractivity contribution in [3.63, 3.8) is 0 Å². The van der Waals surface area contributed by atoms with E-state index in [4.69, 9.17) is 10.2 Å². The number of nitrogen functional groups attached to an aromatic ring is 1. The molecule has 0 aromatic carbocycles. The number of rotatable bonds is 2. The SMILES string of the molecule is COC(=O)c1cnc(-c2ccc(C)o2)nc1N. The highest BCUT2D eigenvalue weighted by Gasteiger charge is 2.14. The quantitative estimate of drug-likeness (QED) is 0.788. The van der Waals surface area contributed by atoms with Crippen molar-refractivity contribution in [1.29, 1.82) is 0 Å². The average Bonchev–Trinajstić information content (AvgIpc) is 2.75. The number of aromatic nitrogens is 2. The van der Waals surface area contributed by atoms with Gasteiger partial charge in [0.25, 0.3) is 0 Å². The van der Waals surface area contributed by atoms with Gasteiger partial charge in [0.2, 0.25) is 0 Å². The zero-order valence-electron chi connectivity index (χ0n) is 9.43. The zero-order chi connectivity index (χ0) is 12.4. The Morgan fingerprint density at radius 3 is 2.76 bits per heavy atom. The maximum absolute atomic E-state index is 11.3. The first kappa shape index (κ1) is 11.1. The normalized spacial score (nSPS) is 10.2. The van der Waals surface area contributed by atoms with Gasteiger partial charge in [0.15, 0.2) is 11.6 Å². The molecule has 0 spiro atoms. The van der Waals surface area contributed by atoms with Crippen LogP contribution >= 0.6 is 0 Å². The van der Waals surface area contributed by atoms with Crippen molar-refractivity contribution in [3.05, 3.63) is 29.7 Å². The van der Waals surface area contributed by atoms with Gasteiger partial charge in [-0.05, 0) is 19.1 Å². The van der Waals surface area contributed by atoms with Crippen molar-refractivity contribution in [2.75, 3.05) is 12.8 Å². The summed E-state index contributed by atoms with van der Waals surface area (Å²) in [6.07, 6.45) is 1.32. The van der Waals surface area contributed by atoms with Gasteiger partial charge in [-0.15, -0.1) is 0 Å². The van der Waals surface area contributed by atoms with Crippen LogP contribution in [0.4, 0.5) is 5.82 Å². The molecule has 0 aliphatic rings. The van der Waals surface area contributed by atoms with Crippen LogP contribution < -0.4 is 5.73 Å². The summed E-state index contributed by atoms with van der Waals surface area (Å²) in [6, 6.07) is 3.53. The molecule has 0 aliphatic carbocycles. The molecule has 0 bridgehead atoms. The van der Waals surface area contributed by atoms with E-state index in [2.05, 4.69) is 14.7 Å². The number of anilines is 1. The third kappa shape index (κ3) is 2.10. The predicted molar refractivity (Wildman–Crippen MR) is 60.2 cm³/mol. The Bertz CT molecular complexity index is 563. The van der Waals surface area contributed by atoms with E-state index < -0.39 is 5.97 Å². The largest absolute Gasteiger partial charge is 0.465 e. The van der Waals surface area contributed by atoms with Gasteiger partial charge in [-0.25, -0.2) is 14.8 Å². The summed E-state index contributed by atoms with van der Waals surface area (Å²) in [6.45, 7) is 1.82. The van der Waals surface area contributed by atoms with E-state index in [0.29, 0.717) is 11.6 Å². The van der Waals surface area contributed by atoms with Gasteiger partial charge in [-0.2, -0.15) is 0 Å². The van der Waals surface area contributed by atoms with Gasteiger partial charge in [-0.3, -0.25) is 0 Å². The first-order valence-corrected chi connectivity index (χ1v) is 4.89. The van der Waals surface area contributed by atoms with Gasteiger partial charge < -0.3 is 14.9 Å². The summed E-state index contributed by atoms with van der Waals surface area (Å²) in [7, 11) is 1.27. The Morgan fingerprint density at radius 1 is 1.47 bits per heavy atom. The molecule has 2 aromatic rings. The van der Waals surface area contributed by atoms with Crippen LogP contribution in [0.5, 0.6) is 0 Å². The number of nitrogens with zero attached hydrogens (tertiary/aromatic N) is 2. The van der Waals surface area contributed by atoms with Crippen molar-refractivity contribution in [1.82, 2.24) is 9.97 Å². The fourth-order valence-corrected chi connectivity index (χ4v) is 1.34. The van der Waals surface area contributed by atoms with Crippen LogP contribution in [0, 0.1) is 6.92 Å².